The predicted molar refractivity (Wildman–Crippen MR) is 152 cm³/mol. The highest BCUT2D eigenvalue weighted by Gasteiger charge is 2.48. The standard InChI is InChI=1S/C31H34ClN3O4/c1-30(2)20-35(16-13-31(30,37)21-7-9-22(32)10-8-21)15-4-6-24-25-5-3-14-34-27(25)18-39-28-12-11-23(17-26(24)28)38-19-29(33)36/h3,5-12,14,17,37H,4,13,15-16,18-20H2,1-2H3,(H2,33,36)/b24-6+/t31-/m0/s1. The molecule has 39 heavy (non-hydrogen) atoms. The van der Waals surface area contributed by atoms with Crippen LogP contribution >= 0.6 is 11.6 Å². The van der Waals surface area contributed by atoms with Gasteiger partial charge >= 0.3 is 0 Å². The van der Waals surface area contributed by atoms with Crippen molar-refractivity contribution >= 4 is 23.1 Å². The molecule has 2 aromatic carbocycles. The van der Waals surface area contributed by atoms with Crippen LogP contribution in [0.2, 0.25) is 5.02 Å². The molecule has 0 radical (unpaired) electrons. The maximum Gasteiger partial charge on any atom is 0.255 e. The first-order valence-electron chi connectivity index (χ1n) is 13.2. The van der Waals surface area contributed by atoms with Crippen LogP contribution in [0.4, 0.5) is 0 Å². The maximum atomic E-state index is 11.7. The summed E-state index contributed by atoms with van der Waals surface area (Å²) in [6.07, 6.45) is 5.43. The lowest BCUT2D eigenvalue weighted by molar-refractivity contribution is -0.125. The van der Waals surface area contributed by atoms with Gasteiger partial charge in [-0.25, -0.2) is 0 Å². The molecule has 3 heterocycles. The molecule has 1 fully saturated rings. The molecule has 1 amide bonds. The number of hydrogen-bond acceptors (Lipinski definition) is 6. The van der Waals surface area contributed by atoms with E-state index < -0.39 is 11.5 Å². The smallest absolute Gasteiger partial charge is 0.255 e. The highest BCUT2D eigenvalue weighted by atomic mass is 35.5. The van der Waals surface area contributed by atoms with Gasteiger partial charge in [0, 0.05) is 47.4 Å². The van der Waals surface area contributed by atoms with Gasteiger partial charge in [0.15, 0.2) is 6.61 Å². The van der Waals surface area contributed by atoms with Crippen molar-refractivity contribution in [2.24, 2.45) is 11.1 Å². The summed E-state index contributed by atoms with van der Waals surface area (Å²) < 4.78 is 11.7. The number of nitrogens with two attached hydrogens (primary N) is 1. The molecule has 0 spiro atoms. The summed E-state index contributed by atoms with van der Waals surface area (Å²) in [5, 5.41) is 12.4. The summed E-state index contributed by atoms with van der Waals surface area (Å²) in [6.45, 7) is 6.82. The van der Waals surface area contributed by atoms with Crippen LogP contribution < -0.4 is 15.2 Å². The predicted octanol–water partition coefficient (Wildman–Crippen LogP) is 4.93. The zero-order chi connectivity index (χ0) is 27.6. The van der Waals surface area contributed by atoms with Crippen LogP contribution in [0.3, 0.4) is 0 Å². The first-order chi connectivity index (χ1) is 18.7. The van der Waals surface area contributed by atoms with Gasteiger partial charge in [0.1, 0.15) is 18.1 Å². The van der Waals surface area contributed by atoms with Gasteiger partial charge < -0.3 is 25.2 Å². The number of carbonyl (C=O) groups is 1. The molecule has 1 aromatic heterocycles. The number of hydrogen-bond donors (Lipinski definition) is 2. The van der Waals surface area contributed by atoms with E-state index in [0.29, 0.717) is 23.8 Å². The van der Waals surface area contributed by atoms with Gasteiger partial charge in [0.25, 0.3) is 5.91 Å². The Morgan fingerprint density at radius 1 is 1.21 bits per heavy atom. The third-order valence-electron chi connectivity index (χ3n) is 7.81. The van der Waals surface area contributed by atoms with Gasteiger partial charge in [-0.3, -0.25) is 9.78 Å². The molecule has 0 unspecified atom stereocenters. The van der Waals surface area contributed by atoms with Gasteiger partial charge in [-0.2, -0.15) is 0 Å². The lowest BCUT2D eigenvalue weighted by atomic mass is 9.66. The normalized spacial score (nSPS) is 21.4. The fourth-order valence-corrected chi connectivity index (χ4v) is 5.80. The third-order valence-corrected chi connectivity index (χ3v) is 8.06. The number of fused-ring (bicyclic) bond motifs is 2. The van der Waals surface area contributed by atoms with Crippen LogP contribution in [-0.4, -0.2) is 47.1 Å². The molecule has 0 saturated carbocycles. The second-order valence-electron chi connectivity index (χ2n) is 10.9. The zero-order valence-electron chi connectivity index (χ0n) is 22.3. The molecule has 8 heteroatoms. The molecule has 204 valence electrons. The minimum Gasteiger partial charge on any atom is -0.487 e. The second-order valence-corrected chi connectivity index (χ2v) is 11.3. The van der Waals surface area contributed by atoms with Crippen LogP contribution in [0.1, 0.15) is 49.1 Å². The number of likely N-dealkylation sites (tertiary alicyclic amines) is 1. The van der Waals surface area contributed by atoms with Crippen LogP contribution in [0, 0.1) is 5.41 Å². The van der Waals surface area contributed by atoms with Crippen LogP contribution in [0.25, 0.3) is 5.57 Å². The number of amides is 1. The number of aliphatic hydroxyl groups is 1. The summed E-state index contributed by atoms with van der Waals surface area (Å²) in [4.78, 5) is 18.2. The van der Waals surface area contributed by atoms with Crippen molar-refractivity contribution in [1.29, 1.82) is 0 Å². The Hall–Kier alpha value is -3.39. The molecule has 2 aliphatic rings. The Bertz CT molecular complexity index is 1390. The molecule has 1 saturated heterocycles. The Balaban J connectivity index is 1.37. The SMILES string of the molecule is CC1(C)CN(CC/C=C2/c3cc(OCC(N)=O)ccc3OCc3ncccc32)CC[C@]1(O)c1ccc(Cl)cc1. The maximum absolute atomic E-state index is 11.7. The lowest BCUT2D eigenvalue weighted by Gasteiger charge is -2.50. The highest BCUT2D eigenvalue weighted by molar-refractivity contribution is 6.30. The summed E-state index contributed by atoms with van der Waals surface area (Å²) in [5.74, 6) is 0.755. The van der Waals surface area contributed by atoms with Crippen molar-refractivity contribution in [3.05, 3.63) is 94.3 Å². The second kappa shape index (κ2) is 11.0. The topological polar surface area (TPSA) is 97.9 Å². The van der Waals surface area contributed by atoms with Crippen molar-refractivity contribution in [3.8, 4) is 11.5 Å². The van der Waals surface area contributed by atoms with E-state index in [4.69, 9.17) is 26.8 Å². The Morgan fingerprint density at radius 2 is 2.00 bits per heavy atom. The van der Waals surface area contributed by atoms with E-state index in [-0.39, 0.29) is 12.0 Å². The van der Waals surface area contributed by atoms with Crippen LogP contribution in [-0.2, 0) is 17.0 Å². The van der Waals surface area contributed by atoms with Gasteiger partial charge in [-0.15, -0.1) is 0 Å². The summed E-state index contributed by atoms with van der Waals surface area (Å²) in [7, 11) is 0. The number of ether oxygens (including phenoxy) is 2. The molecule has 5 rings (SSSR count). The number of rotatable bonds is 7. The van der Waals surface area contributed by atoms with Gasteiger partial charge in [-0.1, -0.05) is 49.7 Å². The number of primary amides is 1. The molecular formula is C31H34ClN3O4. The molecule has 0 bridgehead atoms. The van der Waals surface area contributed by atoms with Crippen molar-refractivity contribution in [2.45, 2.75) is 38.9 Å². The third kappa shape index (κ3) is 5.66. The van der Waals surface area contributed by atoms with E-state index in [1.807, 2.05) is 42.5 Å². The molecule has 0 aliphatic carbocycles. The van der Waals surface area contributed by atoms with E-state index in [1.165, 1.54) is 0 Å². The van der Waals surface area contributed by atoms with Crippen molar-refractivity contribution < 1.29 is 19.4 Å². The van der Waals surface area contributed by atoms with E-state index in [1.54, 1.807) is 12.3 Å². The van der Waals surface area contributed by atoms with E-state index in [9.17, 15) is 9.90 Å². The van der Waals surface area contributed by atoms with Crippen molar-refractivity contribution in [1.82, 2.24) is 9.88 Å². The highest BCUT2D eigenvalue weighted by Crippen LogP contribution is 2.46. The molecule has 7 nitrogen and oxygen atoms in total. The molecular weight excluding hydrogens is 514 g/mol. The van der Waals surface area contributed by atoms with Crippen LogP contribution in [0.5, 0.6) is 11.5 Å². The summed E-state index contributed by atoms with van der Waals surface area (Å²) in [6, 6.07) is 17.1. The lowest BCUT2D eigenvalue weighted by Crippen LogP contribution is -2.55. The first-order valence-corrected chi connectivity index (χ1v) is 13.6. The number of pyridine rings is 1. The fraction of sp³-hybridized carbons (Fsp3) is 0.355. The van der Waals surface area contributed by atoms with Gasteiger partial charge in [0.2, 0.25) is 0 Å². The minimum absolute atomic E-state index is 0.191. The Kier molecular flexibility index (Phi) is 7.67. The summed E-state index contributed by atoms with van der Waals surface area (Å²) >= 11 is 6.09. The van der Waals surface area contributed by atoms with Gasteiger partial charge in [-0.05, 0) is 60.4 Å². The number of aromatic nitrogens is 1. The van der Waals surface area contributed by atoms with E-state index in [0.717, 1.165) is 59.8 Å². The largest absolute Gasteiger partial charge is 0.487 e. The Labute approximate surface area is 234 Å². The molecule has 2 aliphatic heterocycles. The fourth-order valence-electron chi connectivity index (χ4n) is 5.67. The average molecular weight is 548 g/mol. The monoisotopic (exact) mass is 547 g/mol. The molecule has 3 N–H and O–H groups in total. The molecule has 1 atom stereocenters. The first kappa shape index (κ1) is 27.2. The molecule has 3 aromatic rings. The zero-order valence-corrected chi connectivity index (χ0v) is 23.1. The summed E-state index contributed by atoms with van der Waals surface area (Å²) in [5.41, 5.74) is 8.70. The van der Waals surface area contributed by atoms with Crippen molar-refractivity contribution in [2.75, 3.05) is 26.2 Å². The number of halogens is 1. The quantitative estimate of drug-likeness (QED) is 0.435. The number of nitrogens with zero attached hydrogens (tertiary/aromatic N) is 2. The van der Waals surface area contributed by atoms with E-state index in [2.05, 4.69) is 35.9 Å². The Morgan fingerprint density at radius 3 is 2.74 bits per heavy atom. The number of piperidine rings is 1. The van der Waals surface area contributed by atoms with Crippen molar-refractivity contribution in [3.63, 3.8) is 0 Å². The average Bonchev–Trinajstić information content (AvgIpc) is 3.06. The van der Waals surface area contributed by atoms with Gasteiger partial charge in [0.05, 0.1) is 11.3 Å². The number of carbonyl (C=O) groups excluding carboxylic acids is 1. The number of benzene rings is 2. The van der Waals surface area contributed by atoms with Crippen LogP contribution in [0.15, 0.2) is 66.9 Å². The van der Waals surface area contributed by atoms with E-state index >= 15 is 0 Å². The minimum atomic E-state index is -0.921.